The third kappa shape index (κ3) is 3.20. The zero-order chi connectivity index (χ0) is 14.0. The van der Waals surface area contributed by atoms with E-state index >= 15 is 0 Å². The van der Waals surface area contributed by atoms with Gasteiger partial charge in [-0.05, 0) is 5.56 Å². The van der Waals surface area contributed by atoms with Gasteiger partial charge in [-0.25, -0.2) is 9.24 Å². The third-order valence-electron chi connectivity index (χ3n) is 2.77. The van der Waals surface area contributed by atoms with Gasteiger partial charge in [0.25, 0.3) is 5.91 Å². The number of nitrogens with zero attached hydrogens (tertiary/aromatic N) is 1. The van der Waals surface area contributed by atoms with Gasteiger partial charge in [0.05, 0.1) is 13.0 Å². The van der Waals surface area contributed by atoms with Crippen LogP contribution in [-0.2, 0) is 20.6 Å². The van der Waals surface area contributed by atoms with E-state index in [1.165, 1.54) is 0 Å². The minimum atomic E-state index is -4.54. The van der Waals surface area contributed by atoms with Crippen LogP contribution in [0.3, 0.4) is 0 Å². The summed E-state index contributed by atoms with van der Waals surface area (Å²) in [5.41, 5.74) is 0.804. The molecule has 7 nitrogen and oxygen atoms in total. The molecule has 1 aromatic rings. The minimum Gasteiger partial charge on any atom is -0.342 e. The molecule has 0 bridgehead atoms. The first-order valence-corrected chi connectivity index (χ1v) is 7.15. The second-order valence-electron chi connectivity index (χ2n) is 4.22. The average Bonchev–Trinajstić information content (AvgIpc) is 2.33. The molecule has 1 heterocycles. The van der Waals surface area contributed by atoms with Crippen molar-refractivity contribution in [3.8, 4) is 0 Å². The Morgan fingerprint density at radius 2 is 2.00 bits per heavy atom. The number of rotatable bonds is 4. The molecule has 1 fully saturated rings. The van der Waals surface area contributed by atoms with Crippen LogP contribution in [0.25, 0.3) is 0 Å². The zero-order valence-electron chi connectivity index (χ0n) is 9.89. The summed E-state index contributed by atoms with van der Waals surface area (Å²) in [6.07, 6.45) is 0.126. The van der Waals surface area contributed by atoms with Crippen LogP contribution < -0.4 is 5.32 Å². The Labute approximate surface area is 109 Å². The van der Waals surface area contributed by atoms with E-state index in [1.807, 2.05) is 6.07 Å². The van der Waals surface area contributed by atoms with Gasteiger partial charge in [0.15, 0.2) is 0 Å². The molecular weight excluding hydrogens is 271 g/mol. The van der Waals surface area contributed by atoms with Crippen molar-refractivity contribution >= 4 is 19.6 Å². The fraction of sp³-hybridized carbons (Fsp3) is 0.273. The second kappa shape index (κ2) is 5.13. The van der Waals surface area contributed by atoms with Gasteiger partial charge < -0.3 is 15.1 Å². The first kappa shape index (κ1) is 13.7. The van der Waals surface area contributed by atoms with Gasteiger partial charge in [0.1, 0.15) is 6.04 Å². The Morgan fingerprint density at radius 1 is 1.37 bits per heavy atom. The molecule has 2 rings (SSSR count). The Balaban J connectivity index is 1.86. The van der Waals surface area contributed by atoms with E-state index < -0.39 is 19.7 Å². The molecule has 19 heavy (non-hydrogen) atoms. The standard InChI is InChI=1S/C11H13N2O5P/c14-10(6-8-4-2-1-3-5-8)12-9-7-13(11(9)15)19(16,17)18/h1-5,9H,6-7H2,(H,12,14)(H2,16,17,18). The maximum atomic E-state index is 11.6. The van der Waals surface area contributed by atoms with Crippen LogP contribution in [0.15, 0.2) is 30.3 Å². The molecule has 0 saturated carbocycles. The van der Waals surface area contributed by atoms with Crippen LogP contribution in [0.5, 0.6) is 0 Å². The Morgan fingerprint density at radius 3 is 2.53 bits per heavy atom. The predicted molar refractivity (Wildman–Crippen MR) is 65.8 cm³/mol. The molecule has 1 aliphatic rings. The predicted octanol–water partition coefficient (Wildman–Crippen LogP) is -0.351. The summed E-state index contributed by atoms with van der Waals surface area (Å²) in [5.74, 6) is -1.11. The lowest BCUT2D eigenvalue weighted by Crippen LogP contribution is -2.62. The van der Waals surface area contributed by atoms with E-state index in [4.69, 9.17) is 9.79 Å². The maximum Gasteiger partial charge on any atom is 0.432 e. The molecular formula is C11H13N2O5P. The highest BCUT2D eigenvalue weighted by Gasteiger charge is 2.46. The molecule has 1 unspecified atom stereocenters. The van der Waals surface area contributed by atoms with Crippen LogP contribution in [-0.4, -0.2) is 38.9 Å². The molecule has 1 saturated heterocycles. The summed E-state index contributed by atoms with van der Waals surface area (Å²) in [6.45, 7) is -0.163. The van der Waals surface area contributed by atoms with Crippen molar-refractivity contribution in [1.29, 1.82) is 0 Å². The molecule has 102 valence electrons. The van der Waals surface area contributed by atoms with Crippen molar-refractivity contribution < 1.29 is 23.9 Å². The second-order valence-corrected chi connectivity index (χ2v) is 5.73. The van der Waals surface area contributed by atoms with Crippen LogP contribution in [0.4, 0.5) is 0 Å². The van der Waals surface area contributed by atoms with E-state index in [-0.39, 0.29) is 18.9 Å². The van der Waals surface area contributed by atoms with Crippen molar-refractivity contribution in [1.82, 2.24) is 9.99 Å². The zero-order valence-corrected chi connectivity index (χ0v) is 10.8. The maximum absolute atomic E-state index is 11.6. The first-order chi connectivity index (χ1) is 8.88. The van der Waals surface area contributed by atoms with Crippen LogP contribution in [0.2, 0.25) is 0 Å². The molecule has 1 aromatic carbocycles. The Kier molecular flexibility index (Phi) is 3.71. The lowest BCUT2D eigenvalue weighted by molar-refractivity contribution is -0.141. The minimum absolute atomic E-state index is 0.126. The molecule has 1 aliphatic heterocycles. The van der Waals surface area contributed by atoms with Gasteiger partial charge in [-0.3, -0.25) is 9.59 Å². The van der Waals surface area contributed by atoms with Crippen LogP contribution in [0.1, 0.15) is 5.56 Å². The summed E-state index contributed by atoms with van der Waals surface area (Å²) >= 11 is 0. The van der Waals surface area contributed by atoms with Gasteiger partial charge in [-0.1, -0.05) is 30.3 Å². The largest absolute Gasteiger partial charge is 0.432 e. The Hall–Kier alpha value is -1.69. The van der Waals surface area contributed by atoms with Crippen molar-refractivity contribution in [2.45, 2.75) is 12.5 Å². The summed E-state index contributed by atoms with van der Waals surface area (Å²) < 4.78 is 11.3. The SMILES string of the molecule is O=C(Cc1ccccc1)NC1CN(P(=O)(O)O)C1=O. The number of carbonyl (C=O) groups is 2. The number of hydrogen-bond acceptors (Lipinski definition) is 3. The lowest BCUT2D eigenvalue weighted by Gasteiger charge is -2.38. The number of benzene rings is 1. The quantitative estimate of drug-likeness (QED) is 0.517. The highest BCUT2D eigenvalue weighted by molar-refractivity contribution is 7.50. The number of β-lactam (4-membered cyclic amide) rings is 1. The average molecular weight is 284 g/mol. The molecule has 0 spiro atoms. The fourth-order valence-corrected chi connectivity index (χ4v) is 2.55. The van der Waals surface area contributed by atoms with Gasteiger partial charge in [0.2, 0.25) is 5.91 Å². The van der Waals surface area contributed by atoms with E-state index in [2.05, 4.69) is 5.32 Å². The van der Waals surface area contributed by atoms with E-state index in [9.17, 15) is 14.2 Å². The lowest BCUT2D eigenvalue weighted by atomic mass is 10.1. The monoisotopic (exact) mass is 284 g/mol. The molecule has 1 atom stereocenters. The van der Waals surface area contributed by atoms with Gasteiger partial charge >= 0.3 is 7.75 Å². The number of nitrogens with one attached hydrogen (secondary N) is 1. The number of carbonyl (C=O) groups excluding carboxylic acids is 2. The van der Waals surface area contributed by atoms with Crippen molar-refractivity contribution in [2.75, 3.05) is 6.54 Å². The number of hydrogen-bond donors (Lipinski definition) is 3. The van der Waals surface area contributed by atoms with E-state index in [0.717, 1.165) is 5.56 Å². The summed E-state index contributed by atoms with van der Waals surface area (Å²) in [5, 5.41) is 2.44. The van der Waals surface area contributed by atoms with Crippen molar-refractivity contribution in [3.63, 3.8) is 0 Å². The molecule has 2 amide bonds. The van der Waals surface area contributed by atoms with Gasteiger partial charge in [0, 0.05) is 0 Å². The Bertz CT molecular complexity index is 541. The van der Waals surface area contributed by atoms with Crippen LogP contribution >= 0.6 is 7.75 Å². The molecule has 8 heteroatoms. The summed E-state index contributed by atoms with van der Waals surface area (Å²) in [6, 6.07) is 8.14. The normalized spacial score (nSPS) is 18.9. The first-order valence-electron chi connectivity index (χ1n) is 5.58. The molecule has 3 N–H and O–H groups in total. The van der Waals surface area contributed by atoms with E-state index in [1.54, 1.807) is 24.3 Å². The molecule has 0 aliphatic carbocycles. The highest BCUT2D eigenvalue weighted by Crippen LogP contribution is 2.44. The highest BCUT2D eigenvalue weighted by atomic mass is 31.2. The molecule has 0 radical (unpaired) electrons. The van der Waals surface area contributed by atoms with Crippen molar-refractivity contribution in [3.05, 3.63) is 35.9 Å². The topological polar surface area (TPSA) is 107 Å². The van der Waals surface area contributed by atoms with Crippen molar-refractivity contribution in [2.24, 2.45) is 0 Å². The van der Waals surface area contributed by atoms with Crippen LogP contribution in [0, 0.1) is 0 Å². The smallest absolute Gasteiger partial charge is 0.342 e. The summed E-state index contributed by atoms with van der Waals surface area (Å²) in [7, 11) is -4.54. The fourth-order valence-electron chi connectivity index (χ4n) is 1.78. The summed E-state index contributed by atoms with van der Waals surface area (Å²) in [4.78, 5) is 40.7. The third-order valence-corrected chi connectivity index (χ3v) is 3.75. The number of amides is 2. The van der Waals surface area contributed by atoms with E-state index in [0.29, 0.717) is 4.67 Å². The molecule has 0 aromatic heterocycles. The van der Waals surface area contributed by atoms with Gasteiger partial charge in [-0.15, -0.1) is 0 Å². The van der Waals surface area contributed by atoms with Gasteiger partial charge in [-0.2, -0.15) is 0 Å².